The van der Waals surface area contributed by atoms with Crippen molar-refractivity contribution in [2.45, 2.75) is 4.90 Å². The van der Waals surface area contributed by atoms with Crippen LogP contribution in [0.25, 0.3) is 0 Å². The molecule has 2 aromatic rings. The lowest BCUT2D eigenvalue weighted by atomic mass is 10.1. The van der Waals surface area contributed by atoms with Crippen molar-refractivity contribution in [2.75, 3.05) is 52.3 Å². The largest absolute Gasteiger partial charge is 0.496 e. The number of benzene rings is 2. The van der Waals surface area contributed by atoms with E-state index in [4.69, 9.17) is 9.47 Å². The van der Waals surface area contributed by atoms with Crippen LogP contribution in [0.5, 0.6) is 5.75 Å². The molecule has 11 heteroatoms. The van der Waals surface area contributed by atoms with Crippen molar-refractivity contribution in [1.82, 2.24) is 9.21 Å². The molecule has 1 fully saturated rings. The lowest BCUT2D eigenvalue weighted by Gasteiger charge is -2.26. The van der Waals surface area contributed by atoms with E-state index in [0.29, 0.717) is 18.9 Å². The Morgan fingerprint density at radius 1 is 1.16 bits per heavy atom. The minimum atomic E-state index is -3.82. The van der Waals surface area contributed by atoms with Crippen LogP contribution in [-0.2, 0) is 19.6 Å². The van der Waals surface area contributed by atoms with Crippen molar-refractivity contribution < 1.29 is 31.9 Å². The molecule has 1 heterocycles. The maximum Gasteiger partial charge on any atom is 0.257 e. The van der Waals surface area contributed by atoms with Crippen molar-refractivity contribution >= 4 is 27.5 Å². The Hall–Kier alpha value is -3.02. The van der Waals surface area contributed by atoms with E-state index in [-0.39, 0.29) is 35.8 Å². The summed E-state index contributed by atoms with van der Waals surface area (Å²) in [5.74, 6) is -1.34. The van der Waals surface area contributed by atoms with Gasteiger partial charge >= 0.3 is 0 Å². The number of hydrogen-bond acceptors (Lipinski definition) is 6. The van der Waals surface area contributed by atoms with Gasteiger partial charge in [-0.05, 0) is 42.5 Å². The van der Waals surface area contributed by atoms with Crippen LogP contribution in [0, 0.1) is 5.82 Å². The predicted octanol–water partition coefficient (Wildman–Crippen LogP) is 1.57. The molecule has 0 spiro atoms. The second kappa shape index (κ2) is 10.1. The Balaban J connectivity index is 1.77. The quantitative estimate of drug-likeness (QED) is 0.666. The van der Waals surface area contributed by atoms with Gasteiger partial charge in [0.2, 0.25) is 15.9 Å². The monoisotopic (exact) mass is 465 g/mol. The number of methoxy groups -OCH3 is 1. The number of anilines is 1. The number of carbonyl (C=O) groups excluding carboxylic acids is 2. The summed E-state index contributed by atoms with van der Waals surface area (Å²) in [6.45, 7) is 0.738. The van der Waals surface area contributed by atoms with Gasteiger partial charge in [0.15, 0.2) is 0 Å². The lowest BCUT2D eigenvalue weighted by Crippen LogP contribution is -2.40. The standard InChI is InChI=1S/C21H24FN3O6S/c1-24(14-20(26)23-16-5-3-15(22)4-6-16)21(27)18-13-17(7-8-19(18)30-2)32(28,29)25-9-11-31-12-10-25/h3-8,13H,9-12,14H2,1-2H3,(H,23,26). The number of morpholine rings is 1. The predicted molar refractivity (Wildman–Crippen MR) is 115 cm³/mol. The highest BCUT2D eigenvalue weighted by Crippen LogP contribution is 2.26. The molecule has 0 bridgehead atoms. The zero-order chi connectivity index (χ0) is 23.3. The van der Waals surface area contributed by atoms with E-state index in [1.54, 1.807) is 0 Å². The van der Waals surface area contributed by atoms with Gasteiger partial charge < -0.3 is 19.7 Å². The van der Waals surface area contributed by atoms with E-state index >= 15 is 0 Å². The van der Waals surface area contributed by atoms with Gasteiger partial charge in [-0.25, -0.2) is 12.8 Å². The first-order valence-corrected chi connectivity index (χ1v) is 11.2. The number of nitrogens with one attached hydrogen (secondary N) is 1. The van der Waals surface area contributed by atoms with E-state index in [0.717, 1.165) is 4.90 Å². The van der Waals surface area contributed by atoms with Crippen molar-refractivity contribution in [3.05, 3.63) is 53.8 Å². The molecule has 1 saturated heterocycles. The highest BCUT2D eigenvalue weighted by molar-refractivity contribution is 7.89. The summed E-state index contributed by atoms with van der Waals surface area (Å²) in [5, 5.41) is 2.57. The Labute approximate surface area is 185 Å². The number of hydrogen-bond donors (Lipinski definition) is 1. The zero-order valence-electron chi connectivity index (χ0n) is 17.7. The number of carbonyl (C=O) groups is 2. The van der Waals surface area contributed by atoms with Crippen LogP contribution in [0.1, 0.15) is 10.4 Å². The van der Waals surface area contributed by atoms with Crippen LogP contribution in [0.4, 0.5) is 10.1 Å². The highest BCUT2D eigenvalue weighted by Gasteiger charge is 2.29. The van der Waals surface area contributed by atoms with Crippen molar-refractivity contribution in [1.29, 1.82) is 0 Å². The minimum absolute atomic E-state index is 0.0129. The Bertz CT molecular complexity index is 1090. The molecule has 1 aliphatic heterocycles. The van der Waals surface area contributed by atoms with Crippen LogP contribution >= 0.6 is 0 Å². The number of likely N-dealkylation sites (N-methyl/N-ethyl adjacent to an activating group) is 1. The molecule has 172 valence electrons. The van der Waals surface area contributed by atoms with Gasteiger partial charge in [-0.15, -0.1) is 0 Å². The molecule has 1 N–H and O–H groups in total. The molecule has 0 saturated carbocycles. The van der Waals surface area contributed by atoms with E-state index in [1.165, 1.54) is 60.9 Å². The third-order valence-corrected chi connectivity index (χ3v) is 6.76. The van der Waals surface area contributed by atoms with E-state index in [1.807, 2.05) is 0 Å². The molecule has 0 aromatic heterocycles. The summed E-state index contributed by atoms with van der Waals surface area (Å²) < 4.78 is 50.6. The van der Waals surface area contributed by atoms with Gasteiger partial charge in [0.05, 0.1) is 37.3 Å². The van der Waals surface area contributed by atoms with Gasteiger partial charge in [0.1, 0.15) is 11.6 Å². The molecule has 0 aliphatic carbocycles. The molecule has 0 radical (unpaired) electrons. The number of amides is 2. The average molecular weight is 466 g/mol. The van der Waals surface area contributed by atoms with Gasteiger partial charge in [0.25, 0.3) is 5.91 Å². The Kier molecular flexibility index (Phi) is 7.44. The summed E-state index contributed by atoms with van der Waals surface area (Å²) >= 11 is 0. The minimum Gasteiger partial charge on any atom is -0.496 e. The number of rotatable bonds is 7. The lowest BCUT2D eigenvalue weighted by molar-refractivity contribution is -0.116. The molecule has 2 aromatic carbocycles. The smallest absolute Gasteiger partial charge is 0.257 e. The first kappa shape index (κ1) is 23.6. The Morgan fingerprint density at radius 2 is 1.81 bits per heavy atom. The fourth-order valence-corrected chi connectivity index (χ4v) is 4.61. The van der Waals surface area contributed by atoms with E-state index in [2.05, 4.69) is 5.32 Å². The molecule has 2 amide bonds. The van der Waals surface area contributed by atoms with Gasteiger partial charge in [-0.2, -0.15) is 4.31 Å². The normalized spacial score (nSPS) is 14.6. The SMILES string of the molecule is COc1ccc(S(=O)(=O)N2CCOCC2)cc1C(=O)N(C)CC(=O)Nc1ccc(F)cc1. The number of halogens is 1. The van der Waals surface area contributed by atoms with Gasteiger partial charge in [-0.1, -0.05) is 0 Å². The fourth-order valence-electron chi connectivity index (χ4n) is 3.18. The fraction of sp³-hybridized carbons (Fsp3) is 0.333. The molecular weight excluding hydrogens is 441 g/mol. The molecule has 3 rings (SSSR count). The summed E-state index contributed by atoms with van der Waals surface area (Å²) in [6, 6.07) is 9.25. The first-order chi connectivity index (χ1) is 15.2. The average Bonchev–Trinajstić information content (AvgIpc) is 2.80. The molecular formula is C21H24FN3O6S. The molecule has 0 atom stereocenters. The van der Waals surface area contributed by atoms with Crippen LogP contribution in [0.3, 0.4) is 0 Å². The summed E-state index contributed by atoms with van der Waals surface area (Å²) in [5.41, 5.74) is 0.396. The second-order valence-corrected chi connectivity index (χ2v) is 9.03. The number of nitrogens with zero attached hydrogens (tertiary/aromatic N) is 2. The van der Waals surface area contributed by atoms with Crippen LogP contribution in [-0.4, -0.2) is 76.4 Å². The third kappa shape index (κ3) is 5.42. The zero-order valence-corrected chi connectivity index (χ0v) is 18.5. The van der Waals surface area contributed by atoms with Crippen molar-refractivity contribution in [3.8, 4) is 5.75 Å². The topological polar surface area (TPSA) is 105 Å². The summed E-state index contributed by atoms with van der Waals surface area (Å²) in [7, 11) is -1.04. The Morgan fingerprint density at radius 3 is 2.44 bits per heavy atom. The third-order valence-electron chi connectivity index (χ3n) is 4.86. The van der Waals surface area contributed by atoms with E-state index < -0.39 is 27.7 Å². The van der Waals surface area contributed by atoms with Gasteiger partial charge in [0, 0.05) is 25.8 Å². The maximum absolute atomic E-state index is 13.0. The molecule has 1 aliphatic rings. The number of sulfonamides is 1. The van der Waals surface area contributed by atoms with Crippen molar-refractivity contribution in [2.24, 2.45) is 0 Å². The molecule has 0 unspecified atom stereocenters. The number of ether oxygens (including phenoxy) is 2. The summed E-state index contributed by atoms with van der Waals surface area (Å²) in [6.07, 6.45) is 0. The van der Waals surface area contributed by atoms with Crippen molar-refractivity contribution in [3.63, 3.8) is 0 Å². The maximum atomic E-state index is 13.0. The summed E-state index contributed by atoms with van der Waals surface area (Å²) in [4.78, 5) is 26.4. The first-order valence-electron chi connectivity index (χ1n) is 9.79. The van der Waals surface area contributed by atoms with Crippen LogP contribution < -0.4 is 10.1 Å². The van der Waals surface area contributed by atoms with Gasteiger partial charge in [-0.3, -0.25) is 9.59 Å². The second-order valence-electron chi connectivity index (χ2n) is 7.09. The molecule has 9 nitrogen and oxygen atoms in total. The van der Waals surface area contributed by atoms with Crippen LogP contribution in [0.15, 0.2) is 47.4 Å². The van der Waals surface area contributed by atoms with E-state index in [9.17, 15) is 22.4 Å². The highest BCUT2D eigenvalue weighted by atomic mass is 32.2. The molecule has 32 heavy (non-hydrogen) atoms. The van der Waals surface area contributed by atoms with Crippen LogP contribution in [0.2, 0.25) is 0 Å².